The topological polar surface area (TPSA) is 23.6 Å². The number of likely N-dealkylation sites (N-methyl/N-ethyl adjacent to an activating group) is 2. The summed E-state index contributed by atoms with van der Waals surface area (Å²) in [6, 6.07) is 3.76. The van der Waals surface area contributed by atoms with Gasteiger partial charge in [0, 0.05) is 20.1 Å². The maximum atomic E-state index is 11.7. The molecular formula is C10H16N2OS. The molecule has 0 spiro atoms. The molecule has 1 rings (SSSR count). The van der Waals surface area contributed by atoms with Gasteiger partial charge in [-0.2, -0.15) is 0 Å². The molecule has 0 aliphatic rings. The van der Waals surface area contributed by atoms with Gasteiger partial charge in [0.15, 0.2) is 0 Å². The molecule has 3 nitrogen and oxygen atoms in total. The lowest BCUT2D eigenvalue weighted by Gasteiger charge is -2.18. The van der Waals surface area contributed by atoms with Crippen molar-refractivity contribution >= 4 is 17.2 Å². The first-order valence-corrected chi connectivity index (χ1v) is 5.43. The van der Waals surface area contributed by atoms with E-state index in [1.165, 1.54) is 11.3 Å². The number of hydrogen-bond acceptors (Lipinski definition) is 3. The molecule has 0 unspecified atom stereocenters. The zero-order valence-corrected chi connectivity index (χ0v) is 9.67. The van der Waals surface area contributed by atoms with Crippen molar-refractivity contribution in [3.05, 3.63) is 22.4 Å². The lowest BCUT2D eigenvalue weighted by Crippen LogP contribution is -2.33. The van der Waals surface area contributed by atoms with Crippen LogP contribution in [0, 0.1) is 0 Å². The SMILES string of the molecule is CN(C)CCN(C)C(=O)c1cccs1. The Bertz CT molecular complexity index is 282. The van der Waals surface area contributed by atoms with Crippen molar-refractivity contribution in [2.24, 2.45) is 0 Å². The maximum absolute atomic E-state index is 11.7. The highest BCUT2D eigenvalue weighted by molar-refractivity contribution is 7.12. The van der Waals surface area contributed by atoms with Crippen molar-refractivity contribution in [3.8, 4) is 0 Å². The normalized spacial score (nSPS) is 10.6. The van der Waals surface area contributed by atoms with E-state index in [0.29, 0.717) is 0 Å². The predicted octanol–water partition coefficient (Wildman–Crippen LogP) is 1.38. The number of hydrogen-bond donors (Lipinski definition) is 0. The molecule has 0 aliphatic heterocycles. The fourth-order valence-corrected chi connectivity index (χ4v) is 1.76. The summed E-state index contributed by atoms with van der Waals surface area (Å²) in [4.78, 5) is 16.4. The quantitative estimate of drug-likeness (QED) is 0.753. The van der Waals surface area contributed by atoms with E-state index >= 15 is 0 Å². The Morgan fingerprint density at radius 3 is 2.57 bits per heavy atom. The maximum Gasteiger partial charge on any atom is 0.263 e. The standard InChI is InChI=1S/C10H16N2OS/c1-11(2)6-7-12(3)10(13)9-5-4-8-14-9/h4-5,8H,6-7H2,1-3H3. The second-order valence-electron chi connectivity index (χ2n) is 3.51. The monoisotopic (exact) mass is 212 g/mol. The molecule has 0 fully saturated rings. The van der Waals surface area contributed by atoms with E-state index in [4.69, 9.17) is 0 Å². The molecule has 4 heteroatoms. The summed E-state index contributed by atoms with van der Waals surface area (Å²) in [7, 11) is 5.85. The predicted molar refractivity (Wildman–Crippen MR) is 59.8 cm³/mol. The van der Waals surface area contributed by atoms with Gasteiger partial charge in [-0.3, -0.25) is 4.79 Å². The minimum absolute atomic E-state index is 0.113. The molecular weight excluding hydrogens is 196 g/mol. The van der Waals surface area contributed by atoms with Gasteiger partial charge in [-0.1, -0.05) is 6.07 Å². The molecule has 0 aliphatic carbocycles. The third-order valence-corrected chi connectivity index (χ3v) is 2.82. The van der Waals surface area contributed by atoms with E-state index in [0.717, 1.165) is 18.0 Å². The molecule has 0 bridgehead atoms. The van der Waals surface area contributed by atoms with E-state index in [2.05, 4.69) is 4.90 Å². The van der Waals surface area contributed by atoms with Gasteiger partial charge in [-0.25, -0.2) is 0 Å². The summed E-state index contributed by atoms with van der Waals surface area (Å²) in [5, 5.41) is 1.92. The van der Waals surface area contributed by atoms with Crippen LogP contribution < -0.4 is 0 Å². The minimum atomic E-state index is 0.113. The number of nitrogens with zero attached hydrogens (tertiary/aromatic N) is 2. The van der Waals surface area contributed by atoms with Crippen LogP contribution >= 0.6 is 11.3 Å². The van der Waals surface area contributed by atoms with Crippen molar-refractivity contribution < 1.29 is 4.79 Å². The van der Waals surface area contributed by atoms with Crippen LogP contribution in [0.25, 0.3) is 0 Å². The second kappa shape index (κ2) is 5.12. The van der Waals surface area contributed by atoms with E-state index in [-0.39, 0.29) is 5.91 Å². The Morgan fingerprint density at radius 1 is 1.36 bits per heavy atom. The number of thiophene rings is 1. The Kier molecular flexibility index (Phi) is 4.10. The second-order valence-corrected chi connectivity index (χ2v) is 4.45. The van der Waals surface area contributed by atoms with Crippen LogP contribution in [-0.4, -0.2) is 49.9 Å². The smallest absolute Gasteiger partial charge is 0.263 e. The van der Waals surface area contributed by atoms with Crippen LogP contribution in [0.5, 0.6) is 0 Å². The molecule has 0 atom stereocenters. The number of amides is 1. The van der Waals surface area contributed by atoms with Crippen molar-refractivity contribution in [2.45, 2.75) is 0 Å². The van der Waals surface area contributed by atoms with Gasteiger partial charge in [0.1, 0.15) is 0 Å². The Morgan fingerprint density at radius 2 is 2.07 bits per heavy atom. The van der Waals surface area contributed by atoms with Crippen LogP contribution in [0.3, 0.4) is 0 Å². The van der Waals surface area contributed by atoms with Gasteiger partial charge in [0.25, 0.3) is 5.91 Å². The third-order valence-electron chi connectivity index (χ3n) is 1.96. The lowest BCUT2D eigenvalue weighted by atomic mass is 10.4. The highest BCUT2D eigenvalue weighted by Crippen LogP contribution is 2.10. The largest absolute Gasteiger partial charge is 0.340 e. The van der Waals surface area contributed by atoms with Crippen molar-refractivity contribution in [3.63, 3.8) is 0 Å². The highest BCUT2D eigenvalue weighted by Gasteiger charge is 2.11. The number of rotatable bonds is 4. The summed E-state index contributed by atoms with van der Waals surface area (Å²) in [6.45, 7) is 1.66. The van der Waals surface area contributed by atoms with Gasteiger partial charge < -0.3 is 9.80 Å². The lowest BCUT2D eigenvalue weighted by molar-refractivity contribution is 0.0791. The number of carbonyl (C=O) groups excluding carboxylic acids is 1. The Balaban J connectivity index is 2.45. The molecule has 1 heterocycles. The molecule has 0 saturated heterocycles. The summed E-state index contributed by atoms with van der Waals surface area (Å²) < 4.78 is 0. The van der Waals surface area contributed by atoms with Crippen molar-refractivity contribution in [2.75, 3.05) is 34.2 Å². The minimum Gasteiger partial charge on any atom is -0.340 e. The zero-order valence-electron chi connectivity index (χ0n) is 8.86. The summed E-state index contributed by atoms with van der Waals surface area (Å²) in [5.41, 5.74) is 0. The van der Waals surface area contributed by atoms with Crippen LogP contribution in [0.4, 0.5) is 0 Å². The third kappa shape index (κ3) is 3.12. The average Bonchev–Trinajstić information content (AvgIpc) is 2.65. The molecule has 14 heavy (non-hydrogen) atoms. The van der Waals surface area contributed by atoms with Crippen LogP contribution in [0.2, 0.25) is 0 Å². The van der Waals surface area contributed by atoms with E-state index < -0.39 is 0 Å². The molecule has 1 amide bonds. The summed E-state index contributed by atoms with van der Waals surface area (Å²) >= 11 is 1.49. The van der Waals surface area contributed by atoms with Gasteiger partial charge in [-0.05, 0) is 25.5 Å². The molecule has 1 aromatic heterocycles. The van der Waals surface area contributed by atoms with E-state index in [1.807, 2.05) is 38.7 Å². The Hall–Kier alpha value is -0.870. The molecule has 78 valence electrons. The Labute approximate surface area is 88.9 Å². The molecule has 1 aromatic rings. The van der Waals surface area contributed by atoms with Gasteiger partial charge in [-0.15, -0.1) is 11.3 Å². The first-order valence-electron chi connectivity index (χ1n) is 4.55. The van der Waals surface area contributed by atoms with Gasteiger partial charge >= 0.3 is 0 Å². The molecule has 0 radical (unpaired) electrons. The van der Waals surface area contributed by atoms with Crippen molar-refractivity contribution in [1.82, 2.24) is 9.80 Å². The van der Waals surface area contributed by atoms with Crippen LogP contribution in [0.1, 0.15) is 9.67 Å². The summed E-state index contributed by atoms with van der Waals surface area (Å²) in [6.07, 6.45) is 0. The molecule has 0 N–H and O–H groups in total. The van der Waals surface area contributed by atoms with Gasteiger partial charge in [0.05, 0.1) is 4.88 Å². The van der Waals surface area contributed by atoms with Gasteiger partial charge in [0.2, 0.25) is 0 Å². The van der Waals surface area contributed by atoms with E-state index in [9.17, 15) is 4.79 Å². The first kappa shape index (κ1) is 11.2. The van der Waals surface area contributed by atoms with Crippen LogP contribution in [0.15, 0.2) is 17.5 Å². The van der Waals surface area contributed by atoms with E-state index in [1.54, 1.807) is 4.90 Å². The fourth-order valence-electron chi connectivity index (χ4n) is 1.04. The zero-order chi connectivity index (χ0) is 10.6. The highest BCUT2D eigenvalue weighted by atomic mass is 32.1. The van der Waals surface area contributed by atoms with Crippen molar-refractivity contribution in [1.29, 1.82) is 0 Å². The average molecular weight is 212 g/mol. The fraction of sp³-hybridized carbons (Fsp3) is 0.500. The van der Waals surface area contributed by atoms with Crippen LogP contribution in [-0.2, 0) is 0 Å². The number of carbonyl (C=O) groups is 1. The summed E-state index contributed by atoms with van der Waals surface area (Å²) in [5.74, 6) is 0.113. The molecule has 0 saturated carbocycles. The molecule has 0 aromatic carbocycles. The first-order chi connectivity index (χ1) is 6.61.